The van der Waals surface area contributed by atoms with Crippen LogP contribution in [0.15, 0.2) is 42.5 Å². The summed E-state index contributed by atoms with van der Waals surface area (Å²) in [7, 11) is 0. The van der Waals surface area contributed by atoms with E-state index in [1.807, 2.05) is 4.90 Å². The quantitative estimate of drug-likeness (QED) is 0.546. The molecule has 0 spiro atoms. The molecule has 142 valence electrons. The molecule has 0 saturated carbocycles. The first kappa shape index (κ1) is 19.4. The number of nitro groups is 1. The fourth-order valence-electron chi connectivity index (χ4n) is 3.21. The summed E-state index contributed by atoms with van der Waals surface area (Å²) in [6.45, 7) is 8.83. The minimum Gasteiger partial charge on any atom is -0.322 e. The summed E-state index contributed by atoms with van der Waals surface area (Å²) in [4.78, 5) is 25.6. The molecule has 0 aromatic heterocycles. The highest BCUT2D eigenvalue weighted by Crippen LogP contribution is 2.39. The summed E-state index contributed by atoms with van der Waals surface area (Å²) in [5.74, 6) is 0.693. The van der Waals surface area contributed by atoms with Gasteiger partial charge in [-0.1, -0.05) is 51.1 Å². The highest BCUT2D eigenvalue weighted by Gasteiger charge is 2.32. The molecule has 1 heterocycles. The van der Waals surface area contributed by atoms with Gasteiger partial charge in [0.2, 0.25) is 0 Å². The molecule has 2 aromatic rings. The average molecular weight is 385 g/mol. The Kier molecular flexibility index (Phi) is 5.29. The van der Waals surface area contributed by atoms with Crippen molar-refractivity contribution in [2.45, 2.75) is 38.5 Å². The van der Waals surface area contributed by atoms with Crippen molar-refractivity contribution < 1.29 is 9.72 Å². The van der Waals surface area contributed by atoms with Gasteiger partial charge in [0, 0.05) is 29.5 Å². The van der Waals surface area contributed by atoms with Crippen LogP contribution >= 0.6 is 11.8 Å². The van der Waals surface area contributed by atoms with E-state index in [0.29, 0.717) is 17.7 Å². The van der Waals surface area contributed by atoms with Crippen LogP contribution in [-0.2, 0) is 5.41 Å². The molecule has 2 aromatic carbocycles. The summed E-state index contributed by atoms with van der Waals surface area (Å²) in [6, 6.07) is 13.1. The smallest absolute Gasteiger partial charge is 0.273 e. The molecule has 0 aliphatic carbocycles. The van der Waals surface area contributed by atoms with Crippen molar-refractivity contribution >= 4 is 23.4 Å². The first-order valence-electron chi connectivity index (χ1n) is 8.96. The summed E-state index contributed by atoms with van der Waals surface area (Å²) >= 11 is 1.72. The molecule has 6 heteroatoms. The number of amides is 1. The predicted molar refractivity (Wildman–Crippen MR) is 109 cm³/mol. The van der Waals surface area contributed by atoms with Gasteiger partial charge in [0.05, 0.1) is 4.92 Å². The number of nitro benzene ring substituents is 1. The van der Waals surface area contributed by atoms with Crippen molar-refractivity contribution in [2.75, 3.05) is 12.3 Å². The lowest BCUT2D eigenvalue weighted by Crippen LogP contribution is -2.30. The standard InChI is InChI=1S/C21H24N2O3S/c1-14-5-6-16(13-18(14)23(25)26)19(24)22-11-12-27-20(22)15-7-9-17(10-8-15)21(2,3)4/h5-10,13,20H,11-12H2,1-4H3/t20-/m1/s1. The van der Waals surface area contributed by atoms with Gasteiger partial charge in [-0.2, -0.15) is 0 Å². The number of thioether (sulfide) groups is 1. The number of carbonyl (C=O) groups excluding carboxylic acids is 1. The second-order valence-electron chi connectivity index (χ2n) is 7.85. The van der Waals surface area contributed by atoms with Gasteiger partial charge in [-0.05, 0) is 29.5 Å². The van der Waals surface area contributed by atoms with Gasteiger partial charge < -0.3 is 4.90 Å². The van der Waals surface area contributed by atoms with E-state index in [4.69, 9.17) is 0 Å². The van der Waals surface area contributed by atoms with Gasteiger partial charge in [-0.15, -0.1) is 11.8 Å². The molecule has 0 radical (unpaired) electrons. The molecule has 1 amide bonds. The van der Waals surface area contributed by atoms with Gasteiger partial charge in [0.25, 0.3) is 11.6 Å². The molecular formula is C21H24N2O3S. The lowest BCUT2D eigenvalue weighted by atomic mass is 9.86. The third-order valence-electron chi connectivity index (χ3n) is 4.87. The van der Waals surface area contributed by atoms with Gasteiger partial charge in [0.15, 0.2) is 0 Å². The fourth-order valence-corrected chi connectivity index (χ4v) is 4.46. The van der Waals surface area contributed by atoms with Gasteiger partial charge in [0.1, 0.15) is 5.37 Å². The first-order chi connectivity index (χ1) is 12.7. The number of benzene rings is 2. The molecule has 0 N–H and O–H groups in total. The van der Waals surface area contributed by atoms with Crippen LogP contribution in [0, 0.1) is 17.0 Å². The minimum absolute atomic E-state index is 0.0150. The minimum atomic E-state index is -0.437. The number of aryl methyl sites for hydroxylation is 1. The molecule has 27 heavy (non-hydrogen) atoms. The average Bonchev–Trinajstić information content (AvgIpc) is 3.10. The maximum Gasteiger partial charge on any atom is 0.273 e. The van der Waals surface area contributed by atoms with Crippen LogP contribution in [0.4, 0.5) is 5.69 Å². The number of carbonyl (C=O) groups is 1. The first-order valence-corrected chi connectivity index (χ1v) is 10.0. The molecule has 1 aliphatic rings. The van der Waals surface area contributed by atoms with E-state index >= 15 is 0 Å². The normalized spacial score (nSPS) is 17.2. The summed E-state index contributed by atoms with van der Waals surface area (Å²) in [5, 5.41) is 11.1. The summed E-state index contributed by atoms with van der Waals surface area (Å²) in [6.07, 6.45) is 0. The largest absolute Gasteiger partial charge is 0.322 e. The van der Waals surface area contributed by atoms with E-state index in [1.165, 1.54) is 11.6 Å². The summed E-state index contributed by atoms with van der Waals surface area (Å²) in [5.41, 5.74) is 3.32. The highest BCUT2D eigenvalue weighted by molar-refractivity contribution is 7.99. The third-order valence-corrected chi connectivity index (χ3v) is 6.13. The van der Waals surface area contributed by atoms with Crippen molar-refractivity contribution in [3.05, 3.63) is 74.8 Å². The zero-order chi connectivity index (χ0) is 19.8. The van der Waals surface area contributed by atoms with Crippen LogP contribution in [0.5, 0.6) is 0 Å². The number of nitrogens with zero attached hydrogens (tertiary/aromatic N) is 2. The van der Waals surface area contributed by atoms with E-state index in [1.54, 1.807) is 30.8 Å². The Bertz CT molecular complexity index is 872. The predicted octanol–water partition coefficient (Wildman–Crippen LogP) is 5.09. The Morgan fingerprint density at radius 3 is 2.44 bits per heavy atom. The second kappa shape index (κ2) is 7.35. The molecule has 0 unspecified atom stereocenters. The van der Waals surface area contributed by atoms with Crippen LogP contribution in [-0.4, -0.2) is 28.0 Å². The SMILES string of the molecule is Cc1ccc(C(=O)N2CCS[C@@H]2c2ccc(C(C)(C)C)cc2)cc1[N+](=O)[O-]. The second-order valence-corrected chi connectivity index (χ2v) is 9.04. The fraction of sp³-hybridized carbons (Fsp3) is 0.381. The van der Waals surface area contributed by atoms with Crippen LogP contribution in [0.1, 0.15) is 53.2 Å². The van der Waals surface area contributed by atoms with Gasteiger partial charge in [-0.3, -0.25) is 14.9 Å². The Hall–Kier alpha value is -2.34. The van der Waals surface area contributed by atoms with Crippen molar-refractivity contribution in [1.82, 2.24) is 4.90 Å². The Morgan fingerprint density at radius 1 is 1.19 bits per heavy atom. The van der Waals surface area contributed by atoms with Gasteiger partial charge in [-0.25, -0.2) is 0 Å². The number of hydrogen-bond donors (Lipinski definition) is 0. The zero-order valence-electron chi connectivity index (χ0n) is 16.1. The maximum absolute atomic E-state index is 13.0. The van der Waals surface area contributed by atoms with Gasteiger partial charge >= 0.3 is 0 Å². The van der Waals surface area contributed by atoms with Crippen LogP contribution in [0.25, 0.3) is 0 Å². The van der Waals surface area contributed by atoms with E-state index in [-0.39, 0.29) is 22.4 Å². The van der Waals surface area contributed by atoms with Crippen LogP contribution < -0.4 is 0 Å². The molecule has 3 rings (SSSR count). The van der Waals surface area contributed by atoms with Crippen LogP contribution in [0.2, 0.25) is 0 Å². The molecule has 1 saturated heterocycles. The molecule has 1 aliphatic heterocycles. The Morgan fingerprint density at radius 2 is 1.85 bits per heavy atom. The van der Waals surface area contributed by atoms with Crippen molar-refractivity contribution in [2.24, 2.45) is 0 Å². The number of hydrogen-bond acceptors (Lipinski definition) is 4. The van der Waals surface area contributed by atoms with Crippen molar-refractivity contribution in [3.63, 3.8) is 0 Å². The van der Waals surface area contributed by atoms with Crippen molar-refractivity contribution in [1.29, 1.82) is 0 Å². The third kappa shape index (κ3) is 4.00. The molecule has 5 nitrogen and oxygen atoms in total. The lowest BCUT2D eigenvalue weighted by Gasteiger charge is -2.25. The maximum atomic E-state index is 13.0. The van der Waals surface area contributed by atoms with E-state index in [9.17, 15) is 14.9 Å². The molecule has 1 atom stereocenters. The van der Waals surface area contributed by atoms with E-state index in [0.717, 1.165) is 11.3 Å². The van der Waals surface area contributed by atoms with E-state index < -0.39 is 4.92 Å². The Labute approximate surface area is 163 Å². The highest BCUT2D eigenvalue weighted by atomic mass is 32.2. The molecule has 0 bridgehead atoms. The molecular weight excluding hydrogens is 360 g/mol. The number of rotatable bonds is 3. The Balaban J connectivity index is 1.87. The lowest BCUT2D eigenvalue weighted by molar-refractivity contribution is -0.385. The molecule has 1 fully saturated rings. The topological polar surface area (TPSA) is 63.5 Å². The van der Waals surface area contributed by atoms with E-state index in [2.05, 4.69) is 45.0 Å². The van der Waals surface area contributed by atoms with Crippen LogP contribution in [0.3, 0.4) is 0 Å². The monoisotopic (exact) mass is 384 g/mol. The zero-order valence-corrected chi connectivity index (χ0v) is 16.9. The summed E-state index contributed by atoms with van der Waals surface area (Å²) < 4.78 is 0. The van der Waals surface area contributed by atoms with Crippen molar-refractivity contribution in [3.8, 4) is 0 Å².